The number of amides is 3. The highest BCUT2D eigenvalue weighted by atomic mass is 32.1. The molecular formula is C20H23N3O3S. The molecule has 1 heterocycles. The molecule has 27 heavy (non-hydrogen) atoms. The second kappa shape index (κ2) is 9.32. The van der Waals surface area contributed by atoms with Crippen molar-refractivity contribution in [3.63, 3.8) is 0 Å². The fourth-order valence-corrected chi connectivity index (χ4v) is 3.73. The lowest BCUT2D eigenvalue weighted by Crippen LogP contribution is -2.34. The van der Waals surface area contributed by atoms with Gasteiger partial charge >= 0.3 is 0 Å². The van der Waals surface area contributed by atoms with Crippen LogP contribution in [-0.2, 0) is 4.79 Å². The van der Waals surface area contributed by atoms with Crippen molar-refractivity contribution < 1.29 is 14.4 Å². The van der Waals surface area contributed by atoms with E-state index in [1.54, 1.807) is 30.3 Å². The Kier molecular flexibility index (Phi) is 6.59. The molecule has 1 aromatic carbocycles. The van der Waals surface area contributed by atoms with Gasteiger partial charge in [0.25, 0.3) is 11.8 Å². The number of anilines is 1. The summed E-state index contributed by atoms with van der Waals surface area (Å²) in [6, 6.07) is 10.4. The van der Waals surface area contributed by atoms with Gasteiger partial charge in [0.15, 0.2) is 0 Å². The van der Waals surface area contributed by atoms with Crippen LogP contribution in [0.3, 0.4) is 0 Å². The smallest absolute Gasteiger partial charge is 0.261 e. The van der Waals surface area contributed by atoms with E-state index in [-0.39, 0.29) is 23.6 Å². The van der Waals surface area contributed by atoms with E-state index in [4.69, 9.17) is 0 Å². The molecule has 1 aromatic heterocycles. The van der Waals surface area contributed by atoms with E-state index in [2.05, 4.69) is 16.0 Å². The van der Waals surface area contributed by atoms with Gasteiger partial charge in [-0.25, -0.2) is 0 Å². The molecule has 6 nitrogen and oxygen atoms in total. The molecule has 0 saturated heterocycles. The fraction of sp³-hybridized carbons (Fsp3) is 0.350. The van der Waals surface area contributed by atoms with Gasteiger partial charge in [0, 0.05) is 30.3 Å². The van der Waals surface area contributed by atoms with Crippen LogP contribution in [0.4, 0.5) is 5.69 Å². The van der Waals surface area contributed by atoms with Gasteiger partial charge in [-0.15, -0.1) is 11.3 Å². The molecule has 0 radical (unpaired) electrons. The summed E-state index contributed by atoms with van der Waals surface area (Å²) >= 11 is 1.38. The Hall–Kier alpha value is -2.67. The summed E-state index contributed by atoms with van der Waals surface area (Å²) in [6.45, 7) is 0.702. The van der Waals surface area contributed by atoms with Crippen LogP contribution < -0.4 is 16.0 Å². The summed E-state index contributed by atoms with van der Waals surface area (Å²) in [5.41, 5.74) is 1.21. The molecule has 3 N–H and O–H groups in total. The summed E-state index contributed by atoms with van der Waals surface area (Å²) in [6.07, 6.45) is 4.14. The van der Waals surface area contributed by atoms with Crippen LogP contribution in [0.15, 0.2) is 41.8 Å². The molecule has 2 aromatic rings. The van der Waals surface area contributed by atoms with Gasteiger partial charge in [-0.05, 0) is 48.6 Å². The first kappa shape index (κ1) is 19.1. The van der Waals surface area contributed by atoms with Crippen LogP contribution in [0.25, 0.3) is 0 Å². The molecule has 0 unspecified atom stereocenters. The molecule has 1 fully saturated rings. The van der Waals surface area contributed by atoms with Gasteiger partial charge in [0.05, 0.1) is 4.88 Å². The van der Waals surface area contributed by atoms with Gasteiger partial charge in [-0.3, -0.25) is 14.4 Å². The van der Waals surface area contributed by atoms with Crippen molar-refractivity contribution in [1.29, 1.82) is 0 Å². The Bertz CT molecular complexity index is 781. The Morgan fingerprint density at radius 3 is 2.22 bits per heavy atom. The maximum absolute atomic E-state index is 12.2. The number of benzene rings is 1. The van der Waals surface area contributed by atoms with Gasteiger partial charge in [0.1, 0.15) is 0 Å². The van der Waals surface area contributed by atoms with Crippen molar-refractivity contribution in [1.82, 2.24) is 10.6 Å². The summed E-state index contributed by atoms with van der Waals surface area (Å²) in [5, 5.41) is 10.3. The molecule has 0 bridgehead atoms. The van der Waals surface area contributed by atoms with E-state index in [9.17, 15) is 14.4 Å². The molecule has 0 aliphatic heterocycles. The highest BCUT2D eigenvalue weighted by molar-refractivity contribution is 7.12. The Morgan fingerprint density at radius 2 is 1.59 bits per heavy atom. The Balaban J connectivity index is 1.40. The zero-order valence-electron chi connectivity index (χ0n) is 15.0. The number of carbonyl (C=O) groups excluding carboxylic acids is 3. The summed E-state index contributed by atoms with van der Waals surface area (Å²) in [5.74, 6) is -0.181. The topological polar surface area (TPSA) is 87.3 Å². The lowest BCUT2D eigenvalue weighted by molar-refractivity contribution is -0.119. The van der Waals surface area contributed by atoms with Crippen LogP contribution >= 0.6 is 11.3 Å². The van der Waals surface area contributed by atoms with E-state index < -0.39 is 0 Å². The second-order valence-electron chi connectivity index (χ2n) is 6.54. The number of thiophene rings is 1. The molecule has 7 heteroatoms. The second-order valence-corrected chi connectivity index (χ2v) is 7.48. The predicted molar refractivity (Wildman–Crippen MR) is 106 cm³/mol. The molecule has 0 atom stereocenters. The first-order valence-corrected chi connectivity index (χ1v) is 10.0. The molecule has 3 rings (SSSR count). The van der Waals surface area contributed by atoms with Crippen LogP contribution in [0.5, 0.6) is 0 Å². The van der Waals surface area contributed by atoms with Crippen molar-refractivity contribution in [3.05, 3.63) is 52.2 Å². The zero-order chi connectivity index (χ0) is 19.1. The van der Waals surface area contributed by atoms with Crippen molar-refractivity contribution >= 4 is 34.7 Å². The summed E-state index contributed by atoms with van der Waals surface area (Å²) in [4.78, 5) is 36.7. The number of hydrogen-bond acceptors (Lipinski definition) is 4. The first-order valence-electron chi connectivity index (χ1n) is 9.14. The van der Waals surface area contributed by atoms with Gasteiger partial charge in [-0.1, -0.05) is 18.9 Å². The zero-order valence-corrected chi connectivity index (χ0v) is 15.8. The van der Waals surface area contributed by atoms with Crippen LogP contribution in [0.1, 0.15) is 45.7 Å². The van der Waals surface area contributed by atoms with Gasteiger partial charge < -0.3 is 16.0 Å². The highest BCUT2D eigenvalue weighted by Gasteiger charge is 2.22. The fourth-order valence-electron chi connectivity index (χ4n) is 3.09. The van der Waals surface area contributed by atoms with Gasteiger partial charge in [-0.2, -0.15) is 0 Å². The molecule has 1 aliphatic rings. The molecular weight excluding hydrogens is 362 g/mol. The van der Waals surface area contributed by atoms with Crippen molar-refractivity contribution in [2.24, 2.45) is 5.92 Å². The number of carbonyl (C=O) groups is 3. The molecule has 142 valence electrons. The third-order valence-corrected chi connectivity index (χ3v) is 5.45. The number of rotatable bonds is 7. The van der Waals surface area contributed by atoms with E-state index in [0.717, 1.165) is 25.7 Å². The van der Waals surface area contributed by atoms with Gasteiger partial charge in [0.2, 0.25) is 5.91 Å². The maximum Gasteiger partial charge on any atom is 0.261 e. The Morgan fingerprint density at radius 1 is 0.926 bits per heavy atom. The van der Waals surface area contributed by atoms with Crippen LogP contribution in [0.2, 0.25) is 0 Å². The number of nitrogens with one attached hydrogen (secondary N) is 3. The molecule has 0 spiro atoms. The minimum absolute atomic E-state index is 0.0613. The quantitative estimate of drug-likeness (QED) is 0.640. The van der Waals surface area contributed by atoms with E-state index in [0.29, 0.717) is 29.2 Å². The van der Waals surface area contributed by atoms with E-state index >= 15 is 0 Å². The first-order chi connectivity index (χ1) is 13.1. The normalized spacial score (nSPS) is 13.9. The predicted octanol–water partition coefficient (Wildman–Crippen LogP) is 3.04. The monoisotopic (exact) mass is 385 g/mol. The molecule has 1 aliphatic carbocycles. The summed E-state index contributed by atoms with van der Waals surface area (Å²) < 4.78 is 0. The standard InChI is InChI=1S/C20H23N3O3S/c24-18(21-11-12-22-20(26)17-6-3-13-27-17)15-7-9-16(10-8-15)23-19(25)14-4-1-2-5-14/h3,6-10,13-14H,1-2,4-5,11-12H2,(H,21,24)(H,22,26)(H,23,25). The molecule has 3 amide bonds. The average Bonchev–Trinajstić information content (AvgIpc) is 3.39. The third-order valence-electron chi connectivity index (χ3n) is 4.58. The highest BCUT2D eigenvalue weighted by Crippen LogP contribution is 2.26. The minimum atomic E-state index is -0.214. The SMILES string of the molecule is O=C(NCCNC(=O)c1cccs1)c1ccc(NC(=O)C2CCCC2)cc1. The van der Waals surface area contributed by atoms with Crippen molar-refractivity contribution in [3.8, 4) is 0 Å². The van der Waals surface area contributed by atoms with Crippen LogP contribution in [-0.4, -0.2) is 30.8 Å². The van der Waals surface area contributed by atoms with E-state index in [1.165, 1.54) is 11.3 Å². The van der Waals surface area contributed by atoms with Crippen molar-refractivity contribution in [2.45, 2.75) is 25.7 Å². The Labute approximate surface area is 162 Å². The minimum Gasteiger partial charge on any atom is -0.350 e. The average molecular weight is 385 g/mol. The molecule has 1 saturated carbocycles. The third kappa shape index (κ3) is 5.40. The lowest BCUT2D eigenvalue weighted by Gasteiger charge is -2.11. The lowest BCUT2D eigenvalue weighted by atomic mass is 10.1. The van der Waals surface area contributed by atoms with Crippen LogP contribution in [0, 0.1) is 5.92 Å². The number of hydrogen-bond donors (Lipinski definition) is 3. The summed E-state index contributed by atoms with van der Waals surface area (Å²) in [7, 11) is 0. The van der Waals surface area contributed by atoms with E-state index in [1.807, 2.05) is 11.4 Å². The largest absolute Gasteiger partial charge is 0.350 e. The maximum atomic E-state index is 12.2. The van der Waals surface area contributed by atoms with Crippen molar-refractivity contribution in [2.75, 3.05) is 18.4 Å².